The van der Waals surface area contributed by atoms with Crippen molar-refractivity contribution in [2.75, 3.05) is 4.72 Å². The Morgan fingerprint density at radius 2 is 1.68 bits per heavy atom. The normalized spacial score (nSPS) is 11.5. The van der Waals surface area contributed by atoms with Gasteiger partial charge in [0.25, 0.3) is 5.12 Å². The molecule has 0 fully saturated rings. The van der Waals surface area contributed by atoms with Crippen LogP contribution < -0.4 is 4.72 Å². The number of nitrogens with zero attached hydrogens (tertiary/aromatic N) is 4. The fourth-order valence-corrected chi connectivity index (χ4v) is 5.35. The molecule has 0 aliphatic heterocycles. The number of fused-ring (bicyclic) bond motifs is 1. The van der Waals surface area contributed by atoms with Gasteiger partial charge in [-0.25, -0.2) is 9.97 Å². The lowest BCUT2D eigenvalue weighted by Crippen LogP contribution is -2.23. The molecule has 3 heterocycles. The molecule has 192 valence electrons. The molecule has 8 nitrogen and oxygen atoms in total. The standard InChI is InChI=1S/C29H27N5O3S/c1-3-8-25-32-26-20(2)16-18-31-28(26)34(25)19-21-12-14-22(15-13-21)27-24(11-7-17-30-27)33-38(36,37)29(35)23-9-5-4-6-10-23/h4-7,9-18,33H,3,8,19H2,1-2H3. The highest BCUT2D eigenvalue weighted by atomic mass is 32.2. The number of benzene rings is 2. The quantitative estimate of drug-likeness (QED) is 0.291. The molecule has 0 unspecified atom stereocenters. The first-order valence-electron chi connectivity index (χ1n) is 12.3. The molecule has 3 aromatic heterocycles. The second-order valence-corrected chi connectivity index (χ2v) is 10.6. The van der Waals surface area contributed by atoms with Crippen LogP contribution in [0.1, 0.15) is 40.7 Å². The summed E-state index contributed by atoms with van der Waals surface area (Å²) in [6.45, 7) is 4.78. The van der Waals surface area contributed by atoms with Gasteiger partial charge in [0, 0.05) is 29.9 Å². The second-order valence-electron chi connectivity index (χ2n) is 9.02. The summed E-state index contributed by atoms with van der Waals surface area (Å²) < 4.78 is 30.2. The molecule has 2 aromatic carbocycles. The van der Waals surface area contributed by atoms with Crippen LogP contribution in [0.2, 0.25) is 0 Å². The minimum Gasteiger partial charge on any atom is -0.308 e. The summed E-state index contributed by atoms with van der Waals surface area (Å²) in [4.78, 5) is 26.4. The molecule has 0 amide bonds. The maximum absolute atomic E-state index is 12.8. The Labute approximate surface area is 221 Å². The number of aryl methyl sites for hydroxylation is 2. The monoisotopic (exact) mass is 525 g/mol. The van der Waals surface area contributed by atoms with Gasteiger partial charge in [0.1, 0.15) is 11.3 Å². The Balaban J connectivity index is 1.42. The van der Waals surface area contributed by atoms with E-state index in [1.54, 1.807) is 42.7 Å². The van der Waals surface area contributed by atoms with E-state index in [1.807, 2.05) is 37.3 Å². The van der Waals surface area contributed by atoms with Crippen LogP contribution in [0.5, 0.6) is 0 Å². The minimum absolute atomic E-state index is 0.0916. The van der Waals surface area contributed by atoms with E-state index in [-0.39, 0.29) is 11.3 Å². The molecule has 1 N–H and O–H groups in total. The third kappa shape index (κ3) is 5.05. The van der Waals surface area contributed by atoms with Crippen LogP contribution in [-0.2, 0) is 23.0 Å². The molecule has 0 bridgehead atoms. The molecule has 0 atom stereocenters. The van der Waals surface area contributed by atoms with Crippen molar-refractivity contribution >= 4 is 32.0 Å². The summed E-state index contributed by atoms with van der Waals surface area (Å²) in [6.07, 6.45) is 5.23. The molecular weight excluding hydrogens is 498 g/mol. The number of aromatic nitrogens is 4. The van der Waals surface area contributed by atoms with Crippen molar-refractivity contribution in [3.63, 3.8) is 0 Å². The Bertz CT molecular complexity index is 1710. The van der Waals surface area contributed by atoms with E-state index in [1.165, 1.54) is 12.1 Å². The number of rotatable bonds is 8. The van der Waals surface area contributed by atoms with Crippen molar-refractivity contribution in [1.82, 2.24) is 19.5 Å². The van der Waals surface area contributed by atoms with Gasteiger partial charge in [-0.05, 0) is 42.7 Å². The lowest BCUT2D eigenvalue weighted by atomic mass is 10.1. The van der Waals surface area contributed by atoms with Gasteiger partial charge in [0.05, 0.1) is 17.9 Å². The zero-order valence-corrected chi connectivity index (χ0v) is 21.9. The van der Waals surface area contributed by atoms with E-state index < -0.39 is 15.1 Å². The van der Waals surface area contributed by atoms with Gasteiger partial charge in [-0.15, -0.1) is 0 Å². The van der Waals surface area contributed by atoms with Gasteiger partial charge in [-0.2, -0.15) is 8.42 Å². The van der Waals surface area contributed by atoms with Gasteiger partial charge in [-0.3, -0.25) is 14.5 Å². The van der Waals surface area contributed by atoms with E-state index in [4.69, 9.17) is 4.98 Å². The van der Waals surface area contributed by atoms with Crippen molar-refractivity contribution in [2.24, 2.45) is 0 Å². The largest absolute Gasteiger partial charge is 0.308 e. The second kappa shape index (κ2) is 10.5. The zero-order chi connectivity index (χ0) is 26.7. The fraction of sp³-hybridized carbons (Fsp3) is 0.172. The average Bonchev–Trinajstić information content (AvgIpc) is 3.27. The molecule has 0 aliphatic rings. The van der Waals surface area contributed by atoms with Crippen LogP contribution in [-0.4, -0.2) is 33.1 Å². The van der Waals surface area contributed by atoms with Crippen LogP contribution in [0, 0.1) is 6.92 Å². The molecule has 0 saturated carbocycles. The predicted molar refractivity (Wildman–Crippen MR) is 148 cm³/mol. The molecular formula is C29H27N5O3S. The Morgan fingerprint density at radius 1 is 0.921 bits per heavy atom. The van der Waals surface area contributed by atoms with Crippen molar-refractivity contribution in [3.8, 4) is 11.3 Å². The Hall–Kier alpha value is -4.37. The van der Waals surface area contributed by atoms with Gasteiger partial charge in [-0.1, -0.05) is 61.5 Å². The van der Waals surface area contributed by atoms with Gasteiger partial charge < -0.3 is 4.57 Å². The number of imidazole rings is 1. The van der Waals surface area contributed by atoms with Gasteiger partial charge >= 0.3 is 10.0 Å². The van der Waals surface area contributed by atoms with Crippen LogP contribution in [0.3, 0.4) is 0 Å². The summed E-state index contributed by atoms with van der Waals surface area (Å²) in [5.41, 5.74) is 5.40. The summed E-state index contributed by atoms with van der Waals surface area (Å²) in [7, 11) is -4.32. The van der Waals surface area contributed by atoms with Crippen LogP contribution >= 0.6 is 0 Å². The smallest absolute Gasteiger partial charge is 0.300 e. The SMILES string of the molecule is CCCc1nc2c(C)ccnc2n1Cc1ccc(-c2ncccc2NS(=O)(=O)C(=O)c2ccccc2)cc1. The number of carbonyl (C=O) groups is 1. The van der Waals surface area contributed by atoms with E-state index >= 15 is 0 Å². The zero-order valence-electron chi connectivity index (χ0n) is 21.1. The summed E-state index contributed by atoms with van der Waals surface area (Å²) in [5.74, 6) is 0.998. The Kier molecular flexibility index (Phi) is 7.02. The number of nitrogens with one attached hydrogen (secondary N) is 1. The predicted octanol–water partition coefficient (Wildman–Crippen LogP) is 5.38. The minimum atomic E-state index is -4.32. The first-order valence-corrected chi connectivity index (χ1v) is 13.8. The summed E-state index contributed by atoms with van der Waals surface area (Å²) in [5, 5.41) is -0.998. The number of anilines is 1. The topological polar surface area (TPSA) is 107 Å². The molecule has 9 heteroatoms. The van der Waals surface area contributed by atoms with E-state index in [0.29, 0.717) is 12.2 Å². The van der Waals surface area contributed by atoms with E-state index in [2.05, 4.69) is 26.2 Å². The maximum Gasteiger partial charge on any atom is 0.300 e. The van der Waals surface area contributed by atoms with E-state index in [0.717, 1.165) is 46.5 Å². The molecule has 0 saturated heterocycles. The highest BCUT2D eigenvalue weighted by molar-refractivity contribution is 8.07. The van der Waals surface area contributed by atoms with Crippen molar-refractivity contribution in [1.29, 1.82) is 0 Å². The lowest BCUT2D eigenvalue weighted by Gasteiger charge is -2.12. The number of hydrogen-bond donors (Lipinski definition) is 1. The van der Waals surface area contributed by atoms with Crippen molar-refractivity contribution < 1.29 is 13.2 Å². The first kappa shape index (κ1) is 25.3. The summed E-state index contributed by atoms with van der Waals surface area (Å²) in [6, 6.07) is 20.8. The van der Waals surface area contributed by atoms with Crippen LogP contribution in [0.15, 0.2) is 85.2 Å². The van der Waals surface area contributed by atoms with Gasteiger partial charge in [0.15, 0.2) is 5.65 Å². The third-order valence-electron chi connectivity index (χ3n) is 6.26. The van der Waals surface area contributed by atoms with Crippen LogP contribution in [0.25, 0.3) is 22.4 Å². The molecule has 38 heavy (non-hydrogen) atoms. The highest BCUT2D eigenvalue weighted by Crippen LogP contribution is 2.28. The lowest BCUT2D eigenvalue weighted by molar-refractivity contribution is 0.107. The number of sulfonamides is 1. The number of hydrogen-bond acceptors (Lipinski definition) is 6. The highest BCUT2D eigenvalue weighted by Gasteiger charge is 2.25. The van der Waals surface area contributed by atoms with Gasteiger partial charge in [0.2, 0.25) is 0 Å². The van der Waals surface area contributed by atoms with Crippen molar-refractivity contribution in [2.45, 2.75) is 33.2 Å². The fourth-order valence-electron chi connectivity index (χ4n) is 4.35. The maximum atomic E-state index is 12.8. The number of pyridine rings is 2. The van der Waals surface area contributed by atoms with E-state index in [9.17, 15) is 13.2 Å². The Morgan fingerprint density at radius 3 is 2.42 bits per heavy atom. The summed E-state index contributed by atoms with van der Waals surface area (Å²) >= 11 is 0. The number of carbonyl (C=O) groups excluding carboxylic acids is 1. The average molecular weight is 526 g/mol. The first-order chi connectivity index (χ1) is 18.4. The molecule has 0 radical (unpaired) electrons. The molecule has 5 rings (SSSR count). The van der Waals surface area contributed by atoms with Crippen molar-refractivity contribution in [3.05, 3.63) is 108 Å². The molecule has 0 aliphatic carbocycles. The molecule has 0 spiro atoms. The third-order valence-corrected chi connectivity index (χ3v) is 7.47. The van der Waals surface area contributed by atoms with Crippen LogP contribution in [0.4, 0.5) is 5.69 Å². The molecule has 5 aromatic rings.